The predicted octanol–water partition coefficient (Wildman–Crippen LogP) is -1.50. The van der Waals surface area contributed by atoms with Crippen molar-refractivity contribution >= 4 is 0 Å². The highest BCUT2D eigenvalue weighted by Gasteiger charge is 2.20. The number of halogens is 1. The Labute approximate surface area is 81.9 Å². The van der Waals surface area contributed by atoms with E-state index in [0.717, 1.165) is 5.92 Å². The number of rotatable bonds is 4. The van der Waals surface area contributed by atoms with Crippen LogP contribution in [0.3, 0.4) is 0 Å². The summed E-state index contributed by atoms with van der Waals surface area (Å²) < 4.78 is 0. The molecule has 0 radical (unpaired) electrons. The van der Waals surface area contributed by atoms with Gasteiger partial charge >= 0.3 is 0 Å². The lowest BCUT2D eigenvalue weighted by molar-refractivity contribution is -0.907. The van der Waals surface area contributed by atoms with Crippen molar-refractivity contribution in [3.63, 3.8) is 0 Å². The van der Waals surface area contributed by atoms with Crippen molar-refractivity contribution in [2.75, 3.05) is 19.6 Å². The van der Waals surface area contributed by atoms with Crippen LogP contribution in [0.2, 0.25) is 0 Å². The first kappa shape index (κ1) is 12.9. The van der Waals surface area contributed by atoms with Gasteiger partial charge in [0.05, 0.1) is 19.6 Å². The third-order valence-corrected chi connectivity index (χ3v) is 3.19. The van der Waals surface area contributed by atoms with Crippen molar-refractivity contribution in [3.05, 3.63) is 0 Å². The molecular formula is C11H24FN. The van der Waals surface area contributed by atoms with E-state index in [1.807, 2.05) is 4.90 Å². The van der Waals surface area contributed by atoms with E-state index >= 15 is 0 Å². The zero-order valence-electron chi connectivity index (χ0n) is 9.11. The molecule has 0 saturated carbocycles. The topological polar surface area (TPSA) is 4.44 Å². The largest absolute Gasteiger partial charge is 1.00 e. The monoisotopic (exact) mass is 189 g/mol. The van der Waals surface area contributed by atoms with Crippen molar-refractivity contribution in [2.45, 2.75) is 46.0 Å². The van der Waals surface area contributed by atoms with Crippen LogP contribution in [0.25, 0.3) is 0 Å². The summed E-state index contributed by atoms with van der Waals surface area (Å²) in [6.07, 6.45) is 7.28. The summed E-state index contributed by atoms with van der Waals surface area (Å²) in [6, 6.07) is 0. The molecule has 1 rings (SSSR count). The summed E-state index contributed by atoms with van der Waals surface area (Å²) in [4.78, 5) is 1.84. The Balaban J connectivity index is 0.00000144. The van der Waals surface area contributed by atoms with Crippen LogP contribution in [0.4, 0.5) is 0 Å². The molecular weight excluding hydrogens is 165 g/mol. The Morgan fingerprint density at radius 2 is 2.08 bits per heavy atom. The fraction of sp³-hybridized carbons (Fsp3) is 1.00. The lowest BCUT2D eigenvalue weighted by Gasteiger charge is -2.28. The molecule has 1 fully saturated rings. The van der Waals surface area contributed by atoms with Crippen molar-refractivity contribution in [1.29, 1.82) is 0 Å². The highest BCUT2D eigenvalue weighted by atomic mass is 19.0. The average molecular weight is 189 g/mol. The molecule has 2 heteroatoms. The second-order valence-corrected chi connectivity index (χ2v) is 4.21. The fourth-order valence-corrected chi connectivity index (χ4v) is 2.31. The number of hydrogen-bond donors (Lipinski definition) is 1. The van der Waals surface area contributed by atoms with Gasteiger partial charge in [-0.1, -0.05) is 19.8 Å². The fourth-order valence-electron chi connectivity index (χ4n) is 2.31. The summed E-state index contributed by atoms with van der Waals surface area (Å²) in [5.74, 6) is 1.05. The average Bonchev–Trinajstić information content (AvgIpc) is 2.15. The Hall–Kier alpha value is -0.110. The quantitative estimate of drug-likeness (QED) is 0.549. The molecule has 13 heavy (non-hydrogen) atoms. The molecule has 0 aromatic carbocycles. The van der Waals surface area contributed by atoms with Crippen LogP contribution >= 0.6 is 0 Å². The Morgan fingerprint density at radius 1 is 1.31 bits per heavy atom. The predicted molar refractivity (Wildman–Crippen MR) is 53.5 cm³/mol. The molecule has 1 N–H and O–H groups in total. The van der Waals surface area contributed by atoms with Gasteiger partial charge in [0.2, 0.25) is 0 Å². The van der Waals surface area contributed by atoms with E-state index in [1.54, 1.807) is 0 Å². The van der Waals surface area contributed by atoms with Gasteiger partial charge in [-0.25, -0.2) is 0 Å². The summed E-state index contributed by atoms with van der Waals surface area (Å²) >= 11 is 0. The minimum absolute atomic E-state index is 0. The number of piperidine rings is 1. The summed E-state index contributed by atoms with van der Waals surface area (Å²) in [7, 11) is 0. The molecule has 1 heterocycles. The van der Waals surface area contributed by atoms with Gasteiger partial charge in [0.15, 0.2) is 0 Å². The molecule has 1 aliphatic heterocycles. The first-order valence-electron chi connectivity index (χ1n) is 5.70. The number of unbranched alkanes of at least 4 members (excludes halogenated alkanes) is 1. The standard InChI is InChI=1S/C11H23N.FH/c1-3-5-7-11-8-6-9-12(4-2)10-11;/h11H,3-10H2,1-2H3;1H. The maximum absolute atomic E-state index is 2.32. The second-order valence-electron chi connectivity index (χ2n) is 4.21. The maximum atomic E-state index is 2.32. The van der Waals surface area contributed by atoms with Crippen LogP contribution in [0, 0.1) is 5.92 Å². The van der Waals surface area contributed by atoms with E-state index < -0.39 is 0 Å². The van der Waals surface area contributed by atoms with E-state index in [2.05, 4.69) is 13.8 Å². The van der Waals surface area contributed by atoms with Gasteiger partial charge in [-0.3, -0.25) is 0 Å². The number of hydrogen-bond acceptors (Lipinski definition) is 0. The van der Waals surface area contributed by atoms with Crippen molar-refractivity contribution < 1.29 is 9.60 Å². The second kappa shape index (κ2) is 7.31. The van der Waals surface area contributed by atoms with Crippen LogP contribution in [0.15, 0.2) is 0 Å². The molecule has 0 aliphatic carbocycles. The van der Waals surface area contributed by atoms with E-state index in [4.69, 9.17) is 0 Å². The van der Waals surface area contributed by atoms with Gasteiger partial charge in [-0.05, 0) is 26.2 Å². The van der Waals surface area contributed by atoms with Crippen LogP contribution in [0.1, 0.15) is 46.0 Å². The highest BCUT2D eigenvalue weighted by molar-refractivity contribution is 4.61. The van der Waals surface area contributed by atoms with Crippen molar-refractivity contribution in [2.24, 2.45) is 5.92 Å². The van der Waals surface area contributed by atoms with Crippen LogP contribution in [0.5, 0.6) is 0 Å². The van der Waals surface area contributed by atoms with Gasteiger partial charge in [0.1, 0.15) is 0 Å². The molecule has 80 valence electrons. The molecule has 1 saturated heterocycles. The molecule has 0 aromatic rings. The van der Waals surface area contributed by atoms with E-state index in [9.17, 15) is 0 Å². The molecule has 0 bridgehead atoms. The van der Waals surface area contributed by atoms with Gasteiger partial charge in [-0.2, -0.15) is 0 Å². The lowest BCUT2D eigenvalue weighted by Crippen LogP contribution is -3.13. The normalized spacial score (nSPS) is 28.2. The minimum Gasteiger partial charge on any atom is -1.00 e. The maximum Gasteiger partial charge on any atom is 0.0799 e. The number of likely N-dealkylation sites (tertiary alicyclic amines) is 1. The van der Waals surface area contributed by atoms with Gasteiger partial charge in [0, 0.05) is 5.92 Å². The molecule has 2 atom stereocenters. The Morgan fingerprint density at radius 3 is 2.69 bits per heavy atom. The SMILES string of the molecule is CCCCC1CCC[NH+](CC)C1.[F-]. The van der Waals surface area contributed by atoms with Gasteiger partial charge in [-0.15, -0.1) is 0 Å². The summed E-state index contributed by atoms with van der Waals surface area (Å²) in [5, 5.41) is 0. The molecule has 0 aromatic heterocycles. The smallest absolute Gasteiger partial charge is 0.0799 e. The molecule has 1 nitrogen and oxygen atoms in total. The van der Waals surface area contributed by atoms with Crippen molar-refractivity contribution in [3.8, 4) is 0 Å². The first-order valence-corrected chi connectivity index (χ1v) is 5.70. The van der Waals surface area contributed by atoms with Gasteiger partial charge in [0.25, 0.3) is 0 Å². The zero-order valence-corrected chi connectivity index (χ0v) is 9.11. The molecule has 1 aliphatic rings. The third-order valence-electron chi connectivity index (χ3n) is 3.19. The van der Waals surface area contributed by atoms with Crippen LogP contribution < -0.4 is 9.60 Å². The lowest BCUT2D eigenvalue weighted by atomic mass is 9.93. The van der Waals surface area contributed by atoms with Crippen molar-refractivity contribution in [1.82, 2.24) is 0 Å². The molecule has 0 amide bonds. The number of quaternary nitrogens is 1. The van der Waals surface area contributed by atoms with E-state index in [0.29, 0.717) is 0 Å². The van der Waals surface area contributed by atoms with E-state index in [-0.39, 0.29) is 4.70 Å². The molecule has 2 unspecified atom stereocenters. The summed E-state index contributed by atoms with van der Waals surface area (Å²) in [5.41, 5.74) is 0. The van der Waals surface area contributed by atoms with E-state index in [1.165, 1.54) is 51.7 Å². The Bertz CT molecular complexity index is 117. The minimum atomic E-state index is 0. The third kappa shape index (κ3) is 4.61. The highest BCUT2D eigenvalue weighted by Crippen LogP contribution is 2.14. The molecule has 0 spiro atoms. The van der Waals surface area contributed by atoms with Crippen LogP contribution in [-0.4, -0.2) is 19.6 Å². The number of nitrogens with one attached hydrogen (secondary N) is 1. The first-order chi connectivity index (χ1) is 5.86. The van der Waals surface area contributed by atoms with Gasteiger partial charge < -0.3 is 9.60 Å². The van der Waals surface area contributed by atoms with Crippen LogP contribution in [-0.2, 0) is 0 Å². The summed E-state index contributed by atoms with van der Waals surface area (Å²) in [6.45, 7) is 8.84. The Kier molecular flexibility index (Phi) is 7.25. The zero-order chi connectivity index (χ0) is 8.81.